The van der Waals surface area contributed by atoms with Gasteiger partial charge in [0, 0.05) is 11.3 Å². The lowest BCUT2D eigenvalue weighted by molar-refractivity contribution is 0.0505. The molecule has 0 aliphatic heterocycles. The van der Waals surface area contributed by atoms with Gasteiger partial charge in [0.1, 0.15) is 5.75 Å². The molecule has 0 saturated carbocycles. The van der Waals surface area contributed by atoms with Crippen LogP contribution in [0.3, 0.4) is 0 Å². The Balaban J connectivity index is 1.93. The van der Waals surface area contributed by atoms with Gasteiger partial charge < -0.3 is 14.8 Å². The van der Waals surface area contributed by atoms with Gasteiger partial charge in [0.25, 0.3) is 5.91 Å². The molecule has 148 valence electrons. The Morgan fingerprint density at radius 3 is 2.43 bits per heavy atom. The van der Waals surface area contributed by atoms with Gasteiger partial charge in [-0.15, -0.1) is 0 Å². The Labute approximate surface area is 170 Å². The Morgan fingerprint density at radius 2 is 1.79 bits per heavy atom. The molecule has 1 amide bonds. The van der Waals surface area contributed by atoms with Crippen LogP contribution >= 0.6 is 12.2 Å². The van der Waals surface area contributed by atoms with E-state index >= 15 is 0 Å². The second-order valence-electron chi connectivity index (χ2n) is 6.32. The number of hydrogen-bond donors (Lipinski definition) is 2. The molecule has 0 saturated heterocycles. The highest BCUT2D eigenvalue weighted by Gasteiger charge is 2.11. The van der Waals surface area contributed by atoms with E-state index in [2.05, 4.69) is 10.6 Å². The van der Waals surface area contributed by atoms with Crippen LogP contribution in [-0.2, 0) is 4.74 Å². The fraction of sp³-hybridized carbons (Fsp3) is 0.286. The first-order chi connectivity index (χ1) is 13.4. The van der Waals surface area contributed by atoms with Crippen molar-refractivity contribution >= 4 is 34.9 Å². The molecule has 0 fully saturated rings. The summed E-state index contributed by atoms with van der Waals surface area (Å²) in [6.07, 6.45) is 0.787. The number of amides is 1. The number of hydrogen-bond acceptors (Lipinski definition) is 5. The first-order valence-electron chi connectivity index (χ1n) is 9.05. The smallest absolute Gasteiger partial charge is 0.338 e. The SMILES string of the molecule is CCCOC(=O)c1ccc(NC(=S)NC(=O)c2cccc(OC(C)C)c2)cc1. The van der Waals surface area contributed by atoms with Crippen LogP contribution in [0.1, 0.15) is 47.9 Å². The number of benzene rings is 2. The van der Waals surface area contributed by atoms with Crippen molar-refractivity contribution in [2.45, 2.75) is 33.3 Å². The molecule has 0 bridgehead atoms. The first kappa shape index (κ1) is 21.4. The number of rotatable bonds is 7. The second-order valence-corrected chi connectivity index (χ2v) is 6.72. The number of carbonyl (C=O) groups is 2. The van der Waals surface area contributed by atoms with Gasteiger partial charge in [-0.3, -0.25) is 10.1 Å². The van der Waals surface area contributed by atoms with Crippen molar-refractivity contribution in [1.29, 1.82) is 0 Å². The van der Waals surface area contributed by atoms with E-state index in [0.29, 0.717) is 29.2 Å². The normalized spacial score (nSPS) is 10.3. The predicted molar refractivity (Wildman–Crippen MR) is 113 cm³/mol. The molecule has 2 aromatic carbocycles. The summed E-state index contributed by atoms with van der Waals surface area (Å²) in [5.41, 5.74) is 1.54. The molecule has 28 heavy (non-hydrogen) atoms. The van der Waals surface area contributed by atoms with Crippen LogP contribution in [0.4, 0.5) is 5.69 Å². The van der Waals surface area contributed by atoms with Crippen LogP contribution in [0, 0.1) is 0 Å². The average molecular weight is 401 g/mol. The molecule has 0 unspecified atom stereocenters. The van der Waals surface area contributed by atoms with E-state index in [4.69, 9.17) is 21.7 Å². The maximum atomic E-state index is 12.4. The van der Waals surface area contributed by atoms with Crippen molar-refractivity contribution in [3.8, 4) is 5.75 Å². The molecule has 0 heterocycles. The van der Waals surface area contributed by atoms with Gasteiger partial charge in [0.2, 0.25) is 0 Å². The molecule has 2 aromatic rings. The third-order valence-corrected chi connectivity index (χ3v) is 3.71. The van der Waals surface area contributed by atoms with Crippen molar-refractivity contribution in [2.24, 2.45) is 0 Å². The average Bonchev–Trinajstić information content (AvgIpc) is 2.66. The summed E-state index contributed by atoms with van der Waals surface area (Å²) < 4.78 is 10.7. The van der Waals surface area contributed by atoms with Crippen LogP contribution in [0.5, 0.6) is 5.75 Å². The largest absolute Gasteiger partial charge is 0.491 e. The second kappa shape index (κ2) is 10.4. The van der Waals surface area contributed by atoms with Gasteiger partial charge in [0.15, 0.2) is 5.11 Å². The maximum Gasteiger partial charge on any atom is 0.338 e. The monoisotopic (exact) mass is 400 g/mol. The molecule has 7 heteroatoms. The highest BCUT2D eigenvalue weighted by molar-refractivity contribution is 7.80. The lowest BCUT2D eigenvalue weighted by Crippen LogP contribution is -2.34. The Bertz CT molecular complexity index is 835. The van der Waals surface area contributed by atoms with Crippen LogP contribution < -0.4 is 15.4 Å². The van der Waals surface area contributed by atoms with E-state index in [-0.39, 0.29) is 23.1 Å². The van der Waals surface area contributed by atoms with E-state index in [1.54, 1.807) is 48.5 Å². The molecule has 2 N–H and O–H groups in total. The van der Waals surface area contributed by atoms with Gasteiger partial charge >= 0.3 is 5.97 Å². The van der Waals surface area contributed by atoms with Crippen molar-refractivity contribution in [3.05, 3.63) is 59.7 Å². The summed E-state index contributed by atoms with van der Waals surface area (Å²) in [6.45, 7) is 6.16. The first-order valence-corrected chi connectivity index (χ1v) is 9.46. The minimum atomic E-state index is -0.368. The lowest BCUT2D eigenvalue weighted by atomic mass is 10.2. The summed E-state index contributed by atoms with van der Waals surface area (Å²) in [6, 6.07) is 13.5. The summed E-state index contributed by atoms with van der Waals surface area (Å²) in [4.78, 5) is 24.2. The van der Waals surface area contributed by atoms with E-state index in [1.165, 1.54) is 0 Å². The highest BCUT2D eigenvalue weighted by Crippen LogP contribution is 2.15. The van der Waals surface area contributed by atoms with Gasteiger partial charge in [0.05, 0.1) is 18.3 Å². The number of anilines is 1. The topological polar surface area (TPSA) is 76.7 Å². The quantitative estimate of drug-likeness (QED) is 0.537. The number of ether oxygens (including phenoxy) is 2. The van der Waals surface area contributed by atoms with E-state index in [1.807, 2.05) is 20.8 Å². The minimum Gasteiger partial charge on any atom is -0.491 e. The summed E-state index contributed by atoms with van der Waals surface area (Å²) in [7, 11) is 0. The lowest BCUT2D eigenvalue weighted by Gasteiger charge is -2.12. The summed E-state index contributed by atoms with van der Waals surface area (Å²) in [5, 5.41) is 5.69. The van der Waals surface area contributed by atoms with E-state index in [9.17, 15) is 9.59 Å². The van der Waals surface area contributed by atoms with Crippen molar-refractivity contribution in [1.82, 2.24) is 5.32 Å². The highest BCUT2D eigenvalue weighted by atomic mass is 32.1. The molecule has 0 aliphatic rings. The Morgan fingerprint density at radius 1 is 1.07 bits per heavy atom. The van der Waals surface area contributed by atoms with Crippen molar-refractivity contribution in [2.75, 3.05) is 11.9 Å². The van der Waals surface area contributed by atoms with Gasteiger partial charge in [-0.1, -0.05) is 13.0 Å². The molecule has 0 radical (unpaired) electrons. The zero-order valence-corrected chi connectivity index (χ0v) is 17.0. The van der Waals surface area contributed by atoms with Gasteiger partial charge in [-0.2, -0.15) is 0 Å². The van der Waals surface area contributed by atoms with Crippen molar-refractivity contribution in [3.63, 3.8) is 0 Å². The zero-order valence-electron chi connectivity index (χ0n) is 16.2. The van der Waals surface area contributed by atoms with Crippen LogP contribution in [0.2, 0.25) is 0 Å². The van der Waals surface area contributed by atoms with E-state index < -0.39 is 0 Å². The fourth-order valence-corrected chi connectivity index (χ4v) is 2.50. The van der Waals surface area contributed by atoms with Crippen LogP contribution in [0.15, 0.2) is 48.5 Å². The molecular formula is C21H24N2O4S. The van der Waals surface area contributed by atoms with Gasteiger partial charge in [-0.05, 0) is 75.0 Å². The summed E-state index contributed by atoms with van der Waals surface area (Å²) >= 11 is 5.19. The molecule has 0 aromatic heterocycles. The summed E-state index contributed by atoms with van der Waals surface area (Å²) in [5.74, 6) is -0.0914. The Hall–Kier alpha value is -2.93. The third kappa shape index (κ3) is 6.66. The fourth-order valence-electron chi connectivity index (χ4n) is 2.29. The number of carbonyl (C=O) groups excluding carboxylic acids is 2. The van der Waals surface area contributed by atoms with Crippen LogP contribution in [-0.4, -0.2) is 29.7 Å². The number of thiocarbonyl (C=S) groups is 1. The molecular weight excluding hydrogens is 376 g/mol. The predicted octanol–water partition coefficient (Wildman–Crippen LogP) is 4.17. The maximum absolute atomic E-state index is 12.4. The zero-order chi connectivity index (χ0) is 20.5. The van der Waals surface area contributed by atoms with Crippen LogP contribution in [0.25, 0.3) is 0 Å². The van der Waals surface area contributed by atoms with E-state index in [0.717, 1.165) is 6.42 Å². The molecule has 2 rings (SSSR count). The molecule has 0 spiro atoms. The Kier molecular flexibility index (Phi) is 7.95. The third-order valence-electron chi connectivity index (χ3n) is 3.51. The standard InChI is InChI=1S/C21H24N2O4S/c1-4-12-26-20(25)15-8-10-17(11-9-15)22-21(28)23-19(24)16-6-5-7-18(13-16)27-14(2)3/h5-11,13-14H,4,12H2,1-3H3,(H2,22,23,24,28). The van der Waals surface area contributed by atoms with Gasteiger partial charge in [-0.25, -0.2) is 4.79 Å². The minimum absolute atomic E-state index is 0.0169. The van der Waals surface area contributed by atoms with Crippen molar-refractivity contribution < 1.29 is 19.1 Å². The molecule has 0 aliphatic carbocycles. The number of esters is 1. The molecule has 0 atom stereocenters. The number of nitrogens with one attached hydrogen (secondary N) is 2. The molecule has 6 nitrogen and oxygen atoms in total.